The maximum atomic E-state index is 12.5. The first kappa shape index (κ1) is 15.0. The Morgan fingerprint density at radius 1 is 1.30 bits per heavy atom. The SMILES string of the molecule is CCC(C(=O)Nc1nc2nc(C)cc(=O)n2[nH]1)c1ccccc1. The van der Waals surface area contributed by atoms with Crippen LogP contribution in [-0.2, 0) is 4.79 Å². The second-order valence-electron chi connectivity index (χ2n) is 5.30. The van der Waals surface area contributed by atoms with Crippen LogP contribution in [0.15, 0.2) is 41.2 Å². The summed E-state index contributed by atoms with van der Waals surface area (Å²) in [6, 6.07) is 10.9. The molecule has 1 unspecified atom stereocenters. The highest BCUT2D eigenvalue weighted by molar-refractivity contribution is 5.94. The molecule has 0 bridgehead atoms. The maximum Gasteiger partial charge on any atom is 0.274 e. The van der Waals surface area contributed by atoms with Crippen LogP contribution in [0.4, 0.5) is 5.95 Å². The summed E-state index contributed by atoms with van der Waals surface area (Å²) in [5.41, 5.74) is 1.25. The van der Waals surface area contributed by atoms with Gasteiger partial charge in [-0.3, -0.25) is 20.0 Å². The Morgan fingerprint density at radius 2 is 2.04 bits per heavy atom. The zero-order chi connectivity index (χ0) is 16.4. The van der Waals surface area contributed by atoms with Gasteiger partial charge in [-0.05, 0) is 18.9 Å². The van der Waals surface area contributed by atoms with Crippen molar-refractivity contribution >= 4 is 17.6 Å². The van der Waals surface area contributed by atoms with Crippen LogP contribution in [0.3, 0.4) is 0 Å². The molecule has 2 aromatic heterocycles. The minimum atomic E-state index is -0.282. The molecule has 0 saturated carbocycles. The van der Waals surface area contributed by atoms with E-state index in [-0.39, 0.29) is 29.1 Å². The van der Waals surface area contributed by atoms with Crippen LogP contribution in [-0.4, -0.2) is 25.5 Å². The highest BCUT2D eigenvalue weighted by Crippen LogP contribution is 2.20. The number of benzene rings is 1. The lowest BCUT2D eigenvalue weighted by molar-refractivity contribution is -0.117. The van der Waals surface area contributed by atoms with E-state index in [0.717, 1.165) is 5.56 Å². The molecule has 2 N–H and O–H groups in total. The number of aryl methyl sites for hydroxylation is 1. The van der Waals surface area contributed by atoms with Crippen LogP contribution < -0.4 is 10.9 Å². The van der Waals surface area contributed by atoms with Gasteiger partial charge in [-0.2, -0.15) is 9.50 Å². The fourth-order valence-electron chi connectivity index (χ4n) is 2.51. The van der Waals surface area contributed by atoms with Gasteiger partial charge >= 0.3 is 0 Å². The fraction of sp³-hybridized carbons (Fsp3) is 0.250. The first-order valence-electron chi connectivity index (χ1n) is 7.40. The molecule has 1 atom stereocenters. The van der Waals surface area contributed by atoms with Gasteiger partial charge in [-0.15, -0.1) is 0 Å². The Morgan fingerprint density at radius 3 is 2.74 bits per heavy atom. The van der Waals surface area contributed by atoms with E-state index < -0.39 is 0 Å². The number of amides is 1. The second-order valence-corrected chi connectivity index (χ2v) is 5.30. The largest absolute Gasteiger partial charge is 0.294 e. The minimum Gasteiger partial charge on any atom is -0.294 e. The van der Waals surface area contributed by atoms with E-state index in [1.165, 1.54) is 10.6 Å². The molecular weight excluding hydrogens is 294 g/mol. The number of nitrogens with one attached hydrogen (secondary N) is 2. The summed E-state index contributed by atoms with van der Waals surface area (Å²) in [6.07, 6.45) is 0.660. The summed E-state index contributed by atoms with van der Waals surface area (Å²) < 4.78 is 1.20. The molecule has 0 radical (unpaired) electrons. The normalized spacial score (nSPS) is 12.3. The highest BCUT2D eigenvalue weighted by Gasteiger charge is 2.20. The zero-order valence-corrected chi connectivity index (χ0v) is 12.9. The van der Waals surface area contributed by atoms with E-state index in [4.69, 9.17) is 0 Å². The van der Waals surface area contributed by atoms with Crippen LogP contribution >= 0.6 is 0 Å². The number of aromatic amines is 1. The molecule has 118 valence electrons. The predicted octanol–water partition coefficient (Wildman–Crippen LogP) is 1.86. The Kier molecular flexibility index (Phi) is 3.92. The van der Waals surface area contributed by atoms with Gasteiger partial charge in [0.05, 0.1) is 5.92 Å². The van der Waals surface area contributed by atoms with Crippen molar-refractivity contribution < 1.29 is 4.79 Å². The monoisotopic (exact) mass is 311 g/mol. The minimum absolute atomic E-state index is 0.178. The lowest BCUT2D eigenvalue weighted by Gasteiger charge is -2.13. The molecule has 2 heterocycles. The summed E-state index contributed by atoms with van der Waals surface area (Å²) >= 11 is 0. The third kappa shape index (κ3) is 2.98. The number of carbonyl (C=O) groups is 1. The van der Waals surface area contributed by atoms with Crippen LogP contribution in [0.1, 0.15) is 30.5 Å². The molecule has 23 heavy (non-hydrogen) atoms. The first-order valence-corrected chi connectivity index (χ1v) is 7.40. The van der Waals surface area contributed by atoms with Gasteiger partial charge in [0.1, 0.15) is 0 Å². The molecule has 0 fully saturated rings. The number of H-pyrrole nitrogens is 1. The average molecular weight is 311 g/mol. The van der Waals surface area contributed by atoms with Gasteiger partial charge < -0.3 is 0 Å². The number of nitrogens with zero attached hydrogens (tertiary/aromatic N) is 3. The number of hydrogen-bond donors (Lipinski definition) is 2. The lowest BCUT2D eigenvalue weighted by Crippen LogP contribution is -2.21. The van der Waals surface area contributed by atoms with Crippen molar-refractivity contribution in [1.29, 1.82) is 0 Å². The van der Waals surface area contributed by atoms with Gasteiger partial charge in [0.15, 0.2) is 0 Å². The van der Waals surface area contributed by atoms with Crippen molar-refractivity contribution in [1.82, 2.24) is 19.6 Å². The number of fused-ring (bicyclic) bond motifs is 1. The molecule has 1 amide bonds. The van der Waals surface area contributed by atoms with Gasteiger partial charge in [0.25, 0.3) is 11.3 Å². The number of aromatic nitrogens is 4. The molecule has 3 aromatic rings. The number of hydrogen-bond acceptors (Lipinski definition) is 4. The van der Waals surface area contributed by atoms with Gasteiger partial charge in [0, 0.05) is 11.8 Å². The summed E-state index contributed by atoms with van der Waals surface area (Å²) in [7, 11) is 0. The molecule has 0 aliphatic carbocycles. The maximum absolute atomic E-state index is 12.5. The number of rotatable bonds is 4. The van der Waals surface area contributed by atoms with E-state index in [1.807, 2.05) is 37.3 Å². The molecule has 0 spiro atoms. The topological polar surface area (TPSA) is 92.2 Å². The van der Waals surface area contributed by atoms with Crippen LogP contribution in [0.25, 0.3) is 5.78 Å². The lowest BCUT2D eigenvalue weighted by atomic mass is 9.96. The Balaban J connectivity index is 1.87. The Bertz CT molecular complexity index is 898. The first-order chi connectivity index (χ1) is 11.1. The van der Waals surface area contributed by atoms with Crippen LogP contribution in [0.2, 0.25) is 0 Å². The summed E-state index contributed by atoms with van der Waals surface area (Å²) in [5, 5.41) is 5.47. The third-order valence-electron chi connectivity index (χ3n) is 3.63. The quantitative estimate of drug-likeness (QED) is 0.769. The summed E-state index contributed by atoms with van der Waals surface area (Å²) in [6.45, 7) is 3.67. The Hall–Kier alpha value is -2.96. The third-order valence-corrected chi connectivity index (χ3v) is 3.63. The van der Waals surface area contributed by atoms with Crippen LogP contribution in [0.5, 0.6) is 0 Å². The molecule has 0 saturated heterocycles. The average Bonchev–Trinajstić information content (AvgIpc) is 2.91. The summed E-state index contributed by atoms with van der Waals surface area (Å²) in [5.74, 6) is -0.0176. The van der Waals surface area contributed by atoms with Gasteiger partial charge in [-0.25, -0.2) is 4.98 Å². The van der Waals surface area contributed by atoms with Crippen molar-refractivity contribution in [2.24, 2.45) is 0 Å². The molecule has 1 aromatic carbocycles. The Labute approximate surface area is 132 Å². The van der Waals surface area contributed by atoms with E-state index in [1.54, 1.807) is 6.92 Å². The molecule has 7 heteroatoms. The number of anilines is 1. The van der Waals surface area contributed by atoms with Crippen molar-refractivity contribution in [2.75, 3.05) is 5.32 Å². The number of carbonyl (C=O) groups excluding carboxylic acids is 1. The molecule has 0 aliphatic rings. The van der Waals surface area contributed by atoms with Crippen molar-refractivity contribution in [3.63, 3.8) is 0 Å². The fourth-order valence-corrected chi connectivity index (χ4v) is 2.51. The predicted molar refractivity (Wildman–Crippen MR) is 86.4 cm³/mol. The van der Waals surface area contributed by atoms with Crippen molar-refractivity contribution in [2.45, 2.75) is 26.2 Å². The van der Waals surface area contributed by atoms with Crippen molar-refractivity contribution in [3.05, 3.63) is 58.0 Å². The van der Waals surface area contributed by atoms with Crippen LogP contribution in [0, 0.1) is 6.92 Å². The van der Waals surface area contributed by atoms with Gasteiger partial charge in [-0.1, -0.05) is 37.3 Å². The molecule has 3 rings (SSSR count). The van der Waals surface area contributed by atoms with Gasteiger partial charge in [0.2, 0.25) is 11.9 Å². The van der Waals surface area contributed by atoms with E-state index >= 15 is 0 Å². The smallest absolute Gasteiger partial charge is 0.274 e. The zero-order valence-electron chi connectivity index (χ0n) is 12.9. The van der Waals surface area contributed by atoms with E-state index in [0.29, 0.717) is 12.1 Å². The van der Waals surface area contributed by atoms with E-state index in [2.05, 4.69) is 20.4 Å². The van der Waals surface area contributed by atoms with Crippen molar-refractivity contribution in [3.8, 4) is 0 Å². The second kappa shape index (κ2) is 6.04. The van der Waals surface area contributed by atoms with E-state index in [9.17, 15) is 9.59 Å². The highest BCUT2D eigenvalue weighted by atomic mass is 16.2. The standard InChI is InChI=1S/C16H17N5O2/c1-3-12(11-7-5-4-6-8-11)14(23)18-15-19-16-17-10(2)9-13(22)21(16)20-15/h4-9,12H,3H2,1-2H3,(H2,17,18,19,20,23). The molecular formula is C16H17N5O2. The molecule has 0 aliphatic heterocycles. The summed E-state index contributed by atoms with van der Waals surface area (Å²) in [4.78, 5) is 32.6. The molecule has 7 nitrogen and oxygen atoms in total.